The van der Waals surface area contributed by atoms with Crippen molar-refractivity contribution in [3.8, 4) is 0 Å². The molecule has 0 saturated heterocycles. The van der Waals surface area contributed by atoms with E-state index in [1.807, 2.05) is 6.92 Å². The molecule has 1 unspecified atom stereocenters. The molecule has 0 spiro atoms. The van der Waals surface area contributed by atoms with Gasteiger partial charge in [0.1, 0.15) is 11.6 Å². The average molecular weight is 347 g/mol. The molecule has 0 fully saturated rings. The molecule has 0 aliphatic rings. The molecule has 0 saturated carbocycles. The van der Waals surface area contributed by atoms with Gasteiger partial charge in [0.25, 0.3) is 0 Å². The first-order chi connectivity index (χ1) is 8.97. The van der Waals surface area contributed by atoms with Crippen LogP contribution in [0.4, 0.5) is 14.5 Å². The predicted molar refractivity (Wildman–Crippen MR) is 77.5 cm³/mol. The van der Waals surface area contributed by atoms with Crippen LogP contribution in [0.5, 0.6) is 0 Å². The van der Waals surface area contributed by atoms with Crippen LogP contribution in [0, 0.1) is 11.6 Å². The van der Waals surface area contributed by atoms with Crippen LogP contribution in [-0.4, -0.2) is 0 Å². The van der Waals surface area contributed by atoms with E-state index in [9.17, 15) is 8.78 Å². The number of anilines is 1. The molecule has 0 radical (unpaired) electrons. The summed E-state index contributed by atoms with van der Waals surface area (Å²) in [6.07, 6.45) is 0. The van der Waals surface area contributed by atoms with Gasteiger partial charge in [0.05, 0.1) is 10.7 Å². The summed E-state index contributed by atoms with van der Waals surface area (Å²) in [6.45, 7) is 1.85. The van der Waals surface area contributed by atoms with Crippen molar-refractivity contribution in [3.63, 3.8) is 0 Å². The highest BCUT2D eigenvalue weighted by Gasteiger charge is 2.10. The first-order valence-electron chi connectivity index (χ1n) is 5.64. The van der Waals surface area contributed by atoms with Crippen LogP contribution in [0.1, 0.15) is 18.5 Å². The Kier molecular flexibility index (Phi) is 4.42. The van der Waals surface area contributed by atoms with E-state index in [2.05, 4.69) is 21.2 Å². The molecule has 0 aliphatic heterocycles. The van der Waals surface area contributed by atoms with Gasteiger partial charge in [-0.15, -0.1) is 0 Å². The van der Waals surface area contributed by atoms with E-state index in [1.54, 1.807) is 18.2 Å². The van der Waals surface area contributed by atoms with Crippen LogP contribution < -0.4 is 5.32 Å². The third-order valence-corrected chi connectivity index (χ3v) is 3.53. The Bertz CT molecular complexity index is 604. The Morgan fingerprint density at radius 1 is 1.11 bits per heavy atom. The predicted octanol–water partition coefficient (Wildman–Crippen LogP) is 5.55. The molecular weight excluding hydrogens is 336 g/mol. The van der Waals surface area contributed by atoms with E-state index in [-0.39, 0.29) is 16.9 Å². The van der Waals surface area contributed by atoms with E-state index in [0.29, 0.717) is 10.2 Å². The van der Waals surface area contributed by atoms with Crippen molar-refractivity contribution in [2.75, 3.05) is 5.32 Å². The highest BCUT2D eigenvalue weighted by Crippen LogP contribution is 2.26. The maximum atomic E-state index is 13.7. The van der Waals surface area contributed by atoms with Gasteiger partial charge in [0.15, 0.2) is 0 Å². The second-order valence-corrected chi connectivity index (χ2v) is 5.49. The summed E-state index contributed by atoms with van der Waals surface area (Å²) in [5, 5.41) is 3.08. The Balaban J connectivity index is 2.20. The van der Waals surface area contributed by atoms with Crippen LogP contribution in [0.15, 0.2) is 40.9 Å². The van der Waals surface area contributed by atoms with E-state index >= 15 is 0 Å². The number of benzene rings is 2. The molecular formula is C14H11BrClF2N. The topological polar surface area (TPSA) is 12.0 Å². The number of rotatable bonds is 3. The molecule has 0 heterocycles. The molecule has 19 heavy (non-hydrogen) atoms. The summed E-state index contributed by atoms with van der Waals surface area (Å²) in [6, 6.07) is 9.03. The molecule has 0 aromatic heterocycles. The Morgan fingerprint density at radius 3 is 2.47 bits per heavy atom. The van der Waals surface area contributed by atoms with Crippen molar-refractivity contribution < 1.29 is 8.78 Å². The quantitative estimate of drug-likeness (QED) is 0.768. The summed E-state index contributed by atoms with van der Waals surface area (Å²) in [5.74, 6) is -0.818. The minimum atomic E-state index is -0.465. The number of hydrogen-bond donors (Lipinski definition) is 1. The van der Waals surface area contributed by atoms with Gasteiger partial charge in [0, 0.05) is 10.5 Å². The van der Waals surface area contributed by atoms with E-state index < -0.39 is 5.82 Å². The van der Waals surface area contributed by atoms with Crippen LogP contribution in [0.2, 0.25) is 5.02 Å². The second kappa shape index (κ2) is 5.88. The molecule has 100 valence electrons. The molecule has 1 N–H and O–H groups in total. The molecule has 1 nitrogen and oxygen atoms in total. The van der Waals surface area contributed by atoms with Gasteiger partial charge in [-0.3, -0.25) is 0 Å². The second-order valence-electron chi connectivity index (χ2n) is 4.16. The van der Waals surface area contributed by atoms with Crippen molar-refractivity contribution in [1.82, 2.24) is 0 Å². The molecule has 2 aromatic carbocycles. The van der Waals surface area contributed by atoms with Gasteiger partial charge < -0.3 is 5.32 Å². The molecule has 2 aromatic rings. The van der Waals surface area contributed by atoms with E-state index in [1.165, 1.54) is 18.2 Å². The highest BCUT2D eigenvalue weighted by atomic mass is 79.9. The summed E-state index contributed by atoms with van der Waals surface area (Å²) >= 11 is 8.93. The van der Waals surface area contributed by atoms with Gasteiger partial charge in [0.2, 0.25) is 0 Å². The molecule has 2 rings (SSSR count). The number of nitrogens with one attached hydrogen (secondary N) is 1. The maximum absolute atomic E-state index is 13.7. The zero-order valence-electron chi connectivity index (χ0n) is 10.1. The van der Waals surface area contributed by atoms with Crippen LogP contribution >= 0.6 is 27.5 Å². The standard InChI is InChI=1S/C14H11BrClF2N/c1-8(9-2-4-12(17)11(16)6-9)19-14-5-3-10(15)7-13(14)18/h2-8,19H,1H3. The maximum Gasteiger partial charge on any atom is 0.147 e. The van der Waals surface area contributed by atoms with E-state index in [0.717, 1.165) is 5.56 Å². The summed E-state index contributed by atoms with van der Waals surface area (Å²) in [5.41, 5.74) is 1.17. The van der Waals surface area contributed by atoms with Crippen molar-refractivity contribution in [1.29, 1.82) is 0 Å². The molecule has 0 aliphatic carbocycles. The first kappa shape index (κ1) is 14.3. The summed E-state index contributed by atoms with van der Waals surface area (Å²) < 4.78 is 27.4. The molecule has 1 atom stereocenters. The zero-order valence-corrected chi connectivity index (χ0v) is 12.4. The molecule has 5 heteroatoms. The van der Waals surface area contributed by atoms with E-state index in [4.69, 9.17) is 11.6 Å². The van der Waals surface area contributed by atoms with Gasteiger partial charge in [-0.1, -0.05) is 33.6 Å². The first-order valence-corrected chi connectivity index (χ1v) is 6.81. The smallest absolute Gasteiger partial charge is 0.147 e. The zero-order chi connectivity index (χ0) is 14.0. The van der Waals surface area contributed by atoms with Gasteiger partial charge in [-0.05, 0) is 42.8 Å². The Hall–Kier alpha value is -1.13. The Morgan fingerprint density at radius 2 is 1.84 bits per heavy atom. The fraction of sp³-hybridized carbons (Fsp3) is 0.143. The van der Waals surface area contributed by atoms with Gasteiger partial charge in [-0.2, -0.15) is 0 Å². The lowest BCUT2D eigenvalue weighted by molar-refractivity contribution is 0.623. The van der Waals surface area contributed by atoms with Crippen LogP contribution in [0.3, 0.4) is 0 Å². The minimum absolute atomic E-state index is 0.0578. The number of hydrogen-bond acceptors (Lipinski definition) is 1. The van der Waals surface area contributed by atoms with Crippen molar-refractivity contribution >= 4 is 33.2 Å². The van der Waals surface area contributed by atoms with Gasteiger partial charge in [-0.25, -0.2) is 8.78 Å². The van der Waals surface area contributed by atoms with Crippen molar-refractivity contribution in [2.24, 2.45) is 0 Å². The lowest BCUT2D eigenvalue weighted by Crippen LogP contribution is -2.08. The third kappa shape index (κ3) is 3.45. The van der Waals surface area contributed by atoms with Crippen molar-refractivity contribution in [2.45, 2.75) is 13.0 Å². The molecule has 0 amide bonds. The highest BCUT2D eigenvalue weighted by molar-refractivity contribution is 9.10. The SMILES string of the molecule is CC(Nc1ccc(Br)cc1F)c1ccc(F)c(Cl)c1. The van der Waals surface area contributed by atoms with Crippen molar-refractivity contribution in [3.05, 3.63) is 63.1 Å². The minimum Gasteiger partial charge on any atom is -0.376 e. The summed E-state index contributed by atoms with van der Waals surface area (Å²) in [4.78, 5) is 0. The van der Waals surface area contributed by atoms with Crippen LogP contribution in [-0.2, 0) is 0 Å². The number of halogens is 4. The average Bonchev–Trinajstić information content (AvgIpc) is 2.36. The van der Waals surface area contributed by atoms with Gasteiger partial charge >= 0.3 is 0 Å². The molecule has 0 bridgehead atoms. The fourth-order valence-corrected chi connectivity index (χ4v) is 2.23. The Labute approximate surface area is 123 Å². The lowest BCUT2D eigenvalue weighted by atomic mass is 10.1. The lowest BCUT2D eigenvalue weighted by Gasteiger charge is -2.16. The largest absolute Gasteiger partial charge is 0.376 e. The third-order valence-electron chi connectivity index (χ3n) is 2.75. The van der Waals surface area contributed by atoms with Crippen LogP contribution in [0.25, 0.3) is 0 Å². The normalized spacial score (nSPS) is 12.3. The fourth-order valence-electron chi connectivity index (χ4n) is 1.70. The summed E-state index contributed by atoms with van der Waals surface area (Å²) in [7, 11) is 0. The monoisotopic (exact) mass is 345 g/mol.